The van der Waals surface area contributed by atoms with Crippen LogP contribution in [0.15, 0.2) is 53.1 Å². The lowest BCUT2D eigenvalue weighted by atomic mass is 10.1. The zero-order valence-corrected chi connectivity index (χ0v) is 17.9. The second kappa shape index (κ2) is 10.6. The number of halogens is 3. The highest BCUT2D eigenvalue weighted by Crippen LogP contribution is 2.18. The number of amides is 1. The molecular weight excluding hydrogens is 435 g/mol. The predicted molar refractivity (Wildman–Crippen MR) is 114 cm³/mol. The number of carbonyl (C=O) groups excluding carboxylic acids is 1. The Morgan fingerprint density at radius 3 is 2.58 bits per heavy atom. The Morgan fingerprint density at radius 1 is 1.06 bits per heavy atom. The molecule has 1 fully saturated rings. The Bertz CT molecular complexity index is 1080. The van der Waals surface area contributed by atoms with Gasteiger partial charge >= 0.3 is 0 Å². The van der Waals surface area contributed by atoms with Gasteiger partial charge in [0.25, 0.3) is 5.91 Å². The molecule has 3 aromatic rings. The summed E-state index contributed by atoms with van der Waals surface area (Å²) in [5.74, 6) is -1.79. The summed E-state index contributed by atoms with van der Waals surface area (Å²) in [6, 6.07) is 9.33. The molecule has 0 saturated carbocycles. The third-order valence-electron chi connectivity index (χ3n) is 5.39. The van der Waals surface area contributed by atoms with Crippen molar-refractivity contribution >= 4 is 5.91 Å². The van der Waals surface area contributed by atoms with Gasteiger partial charge in [-0.05, 0) is 36.6 Å². The highest BCUT2D eigenvalue weighted by atomic mass is 19.1. The molecule has 2 heterocycles. The minimum Gasteiger partial charge on any atom is -0.447 e. The van der Waals surface area contributed by atoms with Crippen LogP contribution in [-0.4, -0.2) is 35.0 Å². The fourth-order valence-electron chi connectivity index (χ4n) is 3.69. The van der Waals surface area contributed by atoms with Gasteiger partial charge in [-0.2, -0.15) is 0 Å². The van der Waals surface area contributed by atoms with Crippen LogP contribution in [0.5, 0.6) is 0 Å². The summed E-state index contributed by atoms with van der Waals surface area (Å²) in [5, 5.41) is 2.78. The molecule has 1 saturated heterocycles. The van der Waals surface area contributed by atoms with E-state index in [0.29, 0.717) is 25.3 Å². The topological polar surface area (TPSA) is 67.6 Å². The smallest absolute Gasteiger partial charge is 0.273 e. The molecule has 0 bridgehead atoms. The van der Waals surface area contributed by atoms with Crippen LogP contribution in [0, 0.1) is 17.5 Å². The normalized spacial score (nSPS) is 15.8. The van der Waals surface area contributed by atoms with Crippen molar-refractivity contribution in [3.63, 3.8) is 0 Å². The zero-order chi connectivity index (χ0) is 23.2. The van der Waals surface area contributed by atoms with Gasteiger partial charge in [-0.25, -0.2) is 18.2 Å². The number of oxazole rings is 1. The van der Waals surface area contributed by atoms with E-state index in [-0.39, 0.29) is 42.5 Å². The van der Waals surface area contributed by atoms with E-state index in [1.54, 1.807) is 12.1 Å². The number of nitrogens with one attached hydrogen (secondary N) is 1. The van der Waals surface area contributed by atoms with E-state index in [1.165, 1.54) is 30.5 Å². The Hall–Kier alpha value is -3.17. The standard InChI is InChI=1S/C24H24F3N3O3/c25-18-6-3-16(4-7-18)12-30(13-17-5-8-19(26)10-21(17)27)14-23-29-22(15-33-23)24(31)28-11-20-2-1-9-32-20/h3-8,10,15,20H,1-2,9,11-14H2,(H,28,31). The third kappa shape index (κ3) is 6.43. The van der Waals surface area contributed by atoms with Crippen molar-refractivity contribution in [2.24, 2.45) is 0 Å². The quantitative estimate of drug-likeness (QED) is 0.520. The van der Waals surface area contributed by atoms with Crippen molar-refractivity contribution in [3.8, 4) is 0 Å². The van der Waals surface area contributed by atoms with E-state index < -0.39 is 11.6 Å². The summed E-state index contributed by atoms with van der Waals surface area (Å²) in [7, 11) is 0. The van der Waals surface area contributed by atoms with E-state index in [9.17, 15) is 18.0 Å². The van der Waals surface area contributed by atoms with Crippen molar-refractivity contribution in [2.75, 3.05) is 13.2 Å². The van der Waals surface area contributed by atoms with E-state index in [2.05, 4.69) is 10.3 Å². The molecule has 0 aliphatic carbocycles. The molecule has 0 radical (unpaired) electrons. The molecule has 33 heavy (non-hydrogen) atoms. The summed E-state index contributed by atoms with van der Waals surface area (Å²) in [6.45, 7) is 1.73. The SMILES string of the molecule is O=C(NCC1CCCO1)c1coc(CN(Cc2ccc(F)cc2)Cc2ccc(F)cc2F)n1. The van der Waals surface area contributed by atoms with Crippen molar-refractivity contribution < 1.29 is 27.1 Å². The van der Waals surface area contributed by atoms with Gasteiger partial charge in [0.05, 0.1) is 12.6 Å². The van der Waals surface area contributed by atoms with Crippen molar-refractivity contribution in [3.05, 3.63) is 88.9 Å². The van der Waals surface area contributed by atoms with Crippen LogP contribution in [0.3, 0.4) is 0 Å². The van der Waals surface area contributed by atoms with Crippen LogP contribution in [0.1, 0.15) is 40.3 Å². The van der Waals surface area contributed by atoms with Crippen molar-refractivity contribution in [1.82, 2.24) is 15.2 Å². The summed E-state index contributed by atoms with van der Waals surface area (Å²) in [5.41, 5.74) is 1.22. The minimum absolute atomic E-state index is 0.0112. The van der Waals surface area contributed by atoms with E-state index >= 15 is 0 Å². The molecule has 1 atom stereocenters. The Morgan fingerprint density at radius 2 is 1.85 bits per heavy atom. The van der Waals surface area contributed by atoms with Gasteiger partial charge in [-0.15, -0.1) is 0 Å². The first-order valence-corrected chi connectivity index (χ1v) is 10.7. The predicted octanol–water partition coefficient (Wildman–Crippen LogP) is 4.20. The van der Waals surface area contributed by atoms with Crippen LogP contribution < -0.4 is 5.32 Å². The van der Waals surface area contributed by atoms with E-state index in [1.807, 2.05) is 4.90 Å². The van der Waals surface area contributed by atoms with Crippen molar-refractivity contribution in [1.29, 1.82) is 0 Å². The molecule has 2 aromatic carbocycles. The number of hydrogen-bond acceptors (Lipinski definition) is 5. The molecule has 1 aromatic heterocycles. The molecule has 0 spiro atoms. The lowest BCUT2D eigenvalue weighted by Gasteiger charge is -2.21. The molecule has 1 unspecified atom stereocenters. The Kier molecular flexibility index (Phi) is 7.41. The zero-order valence-electron chi connectivity index (χ0n) is 17.9. The van der Waals surface area contributed by atoms with Gasteiger partial charge in [-0.3, -0.25) is 9.69 Å². The number of hydrogen-bond donors (Lipinski definition) is 1. The first kappa shape index (κ1) is 23.0. The Balaban J connectivity index is 1.44. The molecule has 1 aliphatic rings. The molecule has 4 rings (SSSR count). The highest BCUT2D eigenvalue weighted by Gasteiger charge is 2.20. The van der Waals surface area contributed by atoms with Crippen LogP contribution in [0.25, 0.3) is 0 Å². The number of benzene rings is 2. The second-order valence-corrected chi connectivity index (χ2v) is 7.98. The minimum atomic E-state index is -0.666. The average molecular weight is 459 g/mol. The summed E-state index contributed by atoms with van der Waals surface area (Å²) in [6.07, 6.45) is 3.17. The van der Waals surface area contributed by atoms with Crippen molar-refractivity contribution in [2.45, 2.75) is 38.6 Å². The van der Waals surface area contributed by atoms with Crippen LogP contribution in [0.4, 0.5) is 13.2 Å². The fraction of sp³-hybridized carbons (Fsp3) is 0.333. The number of rotatable bonds is 9. The molecular formula is C24H24F3N3O3. The average Bonchev–Trinajstić information content (AvgIpc) is 3.48. The maximum Gasteiger partial charge on any atom is 0.273 e. The summed E-state index contributed by atoms with van der Waals surface area (Å²) in [4.78, 5) is 18.4. The maximum atomic E-state index is 14.2. The van der Waals surface area contributed by atoms with E-state index in [4.69, 9.17) is 9.15 Å². The lowest BCUT2D eigenvalue weighted by Crippen LogP contribution is -2.32. The molecule has 6 nitrogen and oxygen atoms in total. The Labute approximate surface area is 189 Å². The lowest BCUT2D eigenvalue weighted by molar-refractivity contribution is 0.0853. The van der Waals surface area contributed by atoms with Gasteiger partial charge in [0.15, 0.2) is 5.69 Å². The summed E-state index contributed by atoms with van der Waals surface area (Å²) >= 11 is 0. The van der Waals surface area contributed by atoms with E-state index in [0.717, 1.165) is 24.5 Å². The molecule has 9 heteroatoms. The first-order valence-electron chi connectivity index (χ1n) is 10.7. The van der Waals surface area contributed by atoms with Gasteiger partial charge in [0, 0.05) is 37.9 Å². The largest absolute Gasteiger partial charge is 0.447 e. The number of ether oxygens (including phenoxy) is 1. The number of carbonyl (C=O) groups is 1. The maximum absolute atomic E-state index is 14.2. The van der Waals surface area contributed by atoms with Crippen LogP contribution in [0.2, 0.25) is 0 Å². The van der Waals surface area contributed by atoms with Gasteiger partial charge < -0.3 is 14.5 Å². The van der Waals surface area contributed by atoms with Gasteiger partial charge in [-0.1, -0.05) is 18.2 Å². The molecule has 1 amide bonds. The fourth-order valence-corrected chi connectivity index (χ4v) is 3.69. The van der Waals surface area contributed by atoms with Crippen LogP contribution in [-0.2, 0) is 24.4 Å². The summed E-state index contributed by atoms with van der Waals surface area (Å²) < 4.78 is 51.8. The van der Waals surface area contributed by atoms with Gasteiger partial charge in [0.2, 0.25) is 5.89 Å². The number of aromatic nitrogens is 1. The second-order valence-electron chi connectivity index (χ2n) is 7.98. The third-order valence-corrected chi connectivity index (χ3v) is 5.39. The monoisotopic (exact) mass is 459 g/mol. The molecule has 174 valence electrons. The molecule has 1 N–H and O–H groups in total. The first-order chi connectivity index (χ1) is 16.0. The van der Waals surface area contributed by atoms with Gasteiger partial charge in [0.1, 0.15) is 23.7 Å². The molecule has 1 aliphatic heterocycles. The van der Waals surface area contributed by atoms with Crippen LogP contribution >= 0.6 is 0 Å². The number of nitrogens with zero attached hydrogens (tertiary/aromatic N) is 2. The highest BCUT2D eigenvalue weighted by molar-refractivity contribution is 5.91.